The molecule has 0 rings (SSSR count). The first-order valence-corrected chi connectivity index (χ1v) is 41.8. The molecule has 19 heteroatoms. The van der Waals surface area contributed by atoms with Gasteiger partial charge in [0.05, 0.1) is 26.4 Å². The molecule has 0 spiro atoms. The minimum absolute atomic E-state index is 0.105. The standard InChI is InChI=1S/C75H146O17P2/c1-8-9-10-11-12-13-20-27-35-42-49-56-72(77)85-63-71(92-75(80)59-52-45-38-31-30-34-41-48-55-68(6)7)65-90-94(83,84)88-61-69(76)60-87-93(81,82)89-64-70(62-86-73(78)57-50-43-36-28-24-19-22-26-33-40-47-54-67(4)5)91-74(79)58-51-44-37-29-23-18-16-14-15-17-21-25-32-39-46-53-66(2)3/h66-71,76H,8-65H2,1-7H3,(H,81,82)(H,83,84)/t69-,70-,71-/m1/s1. The maximum atomic E-state index is 13.1. The highest BCUT2D eigenvalue weighted by molar-refractivity contribution is 7.47. The molecule has 0 bridgehead atoms. The predicted octanol–water partition coefficient (Wildman–Crippen LogP) is 21.8. The first kappa shape index (κ1) is 92.1. The summed E-state index contributed by atoms with van der Waals surface area (Å²) in [4.78, 5) is 72.7. The average Bonchev–Trinajstić information content (AvgIpc) is 1.43. The van der Waals surface area contributed by atoms with E-state index in [4.69, 9.17) is 37.0 Å². The summed E-state index contributed by atoms with van der Waals surface area (Å²) >= 11 is 0. The highest BCUT2D eigenvalue weighted by Crippen LogP contribution is 2.45. The molecule has 0 aliphatic heterocycles. The molecule has 0 saturated carbocycles. The minimum Gasteiger partial charge on any atom is -0.462 e. The zero-order chi connectivity index (χ0) is 69.4. The van der Waals surface area contributed by atoms with Crippen LogP contribution in [0.2, 0.25) is 0 Å². The molecule has 3 N–H and O–H groups in total. The van der Waals surface area contributed by atoms with Crippen LogP contribution in [0.25, 0.3) is 0 Å². The second-order valence-electron chi connectivity index (χ2n) is 28.5. The van der Waals surface area contributed by atoms with Crippen molar-refractivity contribution in [2.45, 2.75) is 401 Å². The van der Waals surface area contributed by atoms with E-state index in [9.17, 15) is 43.2 Å². The molecule has 2 unspecified atom stereocenters. The van der Waals surface area contributed by atoms with Crippen molar-refractivity contribution in [2.24, 2.45) is 17.8 Å². The maximum absolute atomic E-state index is 13.1. The molecule has 0 aromatic carbocycles. The van der Waals surface area contributed by atoms with Crippen molar-refractivity contribution in [1.29, 1.82) is 0 Å². The van der Waals surface area contributed by atoms with Gasteiger partial charge >= 0.3 is 39.5 Å². The lowest BCUT2D eigenvalue weighted by Gasteiger charge is -2.21. The summed E-state index contributed by atoms with van der Waals surface area (Å²) < 4.78 is 68.5. The number of hydrogen-bond donors (Lipinski definition) is 3. The topological polar surface area (TPSA) is 237 Å². The molecule has 0 fully saturated rings. The number of phosphoric ester groups is 2. The molecular weight excluding hydrogens is 1230 g/mol. The zero-order valence-corrected chi connectivity index (χ0v) is 63.2. The van der Waals surface area contributed by atoms with Gasteiger partial charge in [-0.1, -0.05) is 331 Å². The second kappa shape index (κ2) is 65.7. The van der Waals surface area contributed by atoms with Gasteiger partial charge in [-0.05, 0) is 43.4 Å². The highest BCUT2D eigenvalue weighted by atomic mass is 31.2. The Morgan fingerprint density at radius 1 is 0.287 bits per heavy atom. The third-order valence-corrected chi connectivity index (χ3v) is 19.3. The van der Waals surface area contributed by atoms with Crippen LogP contribution >= 0.6 is 15.6 Å². The van der Waals surface area contributed by atoms with E-state index >= 15 is 0 Å². The predicted molar refractivity (Wildman–Crippen MR) is 381 cm³/mol. The van der Waals surface area contributed by atoms with Gasteiger partial charge < -0.3 is 33.8 Å². The van der Waals surface area contributed by atoms with Gasteiger partial charge in [0.15, 0.2) is 12.2 Å². The zero-order valence-electron chi connectivity index (χ0n) is 61.4. The molecule has 0 heterocycles. The van der Waals surface area contributed by atoms with Gasteiger partial charge in [0.2, 0.25) is 0 Å². The molecule has 0 aromatic heterocycles. The molecule has 94 heavy (non-hydrogen) atoms. The molecule has 0 aliphatic carbocycles. The third kappa shape index (κ3) is 68.6. The lowest BCUT2D eigenvalue weighted by atomic mass is 10.0. The van der Waals surface area contributed by atoms with Gasteiger partial charge in [0, 0.05) is 25.7 Å². The Morgan fingerprint density at radius 3 is 0.723 bits per heavy atom. The Balaban J connectivity index is 5.24. The molecule has 0 aliphatic rings. The van der Waals surface area contributed by atoms with E-state index in [1.54, 1.807) is 0 Å². The maximum Gasteiger partial charge on any atom is 0.472 e. The SMILES string of the molecule is CCCCCCCCCCCCCC(=O)OC[C@H](COP(=O)(O)OC[C@H](O)COP(=O)(O)OC[C@@H](COC(=O)CCCCCCCCCCCCCC(C)C)OC(=O)CCCCCCCCCCCCCCCCCC(C)C)OC(=O)CCCCCCCCCCC(C)C. The van der Waals surface area contributed by atoms with Crippen LogP contribution in [-0.2, 0) is 65.4 Å². The van der Waals surface area contributed by atoms with E-state index in [0.717, 1.165) is 108 Å². The van der Waals surface area contributed by atoms with Crippen molar-refractivity contribution in [2.75, 3.05) is 39.6 Å². The summed E-state index contributed by atoms with van der Waals surface area (Å²) in [5.74, 6) is 0.172. The molecule has 0 radical (unpaired) electrons. The Labute approximate surface area is 575 Å². The number of aliphatic hydroxyl groups is 1. The summed E-state index contributed by atoms with van der Waals surface area (Å²) in [5.41, 5.74) is 0. The van der Waals surface area contributed by atoms with Gasteiger partial charge in [0.1, 0.15) is 19.3 Å². The molecule has 17 nitrogen and oxygen atoms in total. The summed E-state index contributed by atoms with van der Waals surface area (Å²) in [7, 11) is -9.91. The number of carbonyl (C=O) groups is 4. The van der Waals surface area contributed by atoms with E-state index in [1.807, 2.05) is 0 Å². The van der Waals surface area contributed by atoms with Crippen LogP contribution in [0, 0.1) is 17.8 Å². The quantitative estimate of drug-likeness (QED) is 0.0222. The van der Waals surface area contributed by atoms with Crippen LogP contribution in [0.1, 0.15) is 382 Å². The monoisotopic (exact) mass is 1380 g/mol. The van der Waals surface area contributed by atoms with E-state index in [-0.39, 0.29) is 25.7 Å². The van der Waals surface area contributed by atoms with E-state index < -0.39 is 97.5 Å². The summed E-state index contributed by atoms with van der Waals surface area (Å²) in [6.07, 6.45) is 51.3. The number of ether oxygens (including phenoxy) is 4. The lowest BCUT2D eigenvalue weighted by molar-refractivity contribution is -0.161. The van der Waals surface area contributed by atoms with Gasteiger partial charge in [-0.3, -0.25) is 37.3 Å². The number of unbranched alkanes of at least 4 members (excludes halogenated alkanes) is 41. The Morgan fingerprint density at radius 2 is 0.489 bits per heavy atom. The van der Waals surface area contributed by atoms with Crippen LogP contribution in [0.3, 0.4) is 0 Å². The lowest BCUT2D eigenvalue weighted by Crippen LogP contribution is -2.30. The molecule has 0 amide bonds. The molecule has 5 atom stereocenters. The van der Waals surface area contributed by atoms with Crippen molar-refractivity contribution in [3.05, 3.63) is 0 Å². The summed E-state index contributed by atoms with van der Waals surface area (Å²) in [6.45, 7) is 11.9. The van der Waals surface area contributed by atoms with E-state index in [2.05, 4.69) is 48.5 Å². The first-order chi connectivity index (χ1) is 45.2. The number of carbonyl (C=O) groups excluding carboxylic acids is 4. The Kier molecular flexibility index (Phi) is 64.3. The average molecular weight is 1380 g/mol. The van der Waals surface area contributed by atoms with Crippen molar-refractivity contribution < 1.29 is 80.2 Å². The Bertz CT molecular complexity index is 1840. The van der Waals surface area contributed by atoms with Crippen LogP contribution in [0.4, 0.5) is 0 Å². The van der Waals surface area contributed by atoms with Crippen molar-refractivity contribution >= 4 is 39.5 Å². The van der Waals surface area contributed by atoms with Crippen molar-refractivity contribution in [1.82, 2.24) is 0 Å². The minimum atomic E-state index is -4.96. The van der Waals surface area contributed by atoms with Crippen molar-refractivity contribution in [3.8, 4) is 0 Å². The van der Waals surface area contributed by atoms with Crippen LogP contribution in [0.5, 0.6) is 0 Å². The fraction of sp³-hybridized carbons (Fsp3) is 0.947. The van der Waals surface area contributed by atoms with Crippen LogP contribution < -0.4 is 0 Å². The number of phosphoric acid groups is 2. The highest BCUT2D eigenvalue weighted by Gasteiger charge is 2.30. The Hall–Kier alpha value is -1.94. The van der Waals surface area contributed by atoms with Crippen molar-refractivity contribution in [3.63, 3.8) is 0 Å². The van der Waals surface area contributed by atoms with E-state index in [1.165, 1.54) is 193 Å². The van der Waals surface area contributed by atoms with Gasteiger partial charge in [-0.15, -0.1) is 0 Å². The molecular formula is C75H146O17P2. The van der Waals surface area contributed by atoms with Crippen LogP contribution in [-0.4, -0.2) is 96.7 Å². The van der Waals surface area contributed by atoms with Crippen LogP contribution in [0.15, 0.2) is 0 Å². The second-order valence-corrected chi connectivity index (χ2v) is 31.4. The molecule has 0 aromatic rings. The fourth-order valence-electron chi connectivity index (χ4n) is 11.4. The van der Waals surface area contributed by atoms with Gasteiger partial charge in [0.25, 0.3) is 0 Å². The number of aliphatic hydroxyl groups excluding tert-OH is 1. The summed E-state index contributed by atoms with van der Waals surface area (Å²) in [5, 5.41) is 10.6. The normalized spacial score (nSPS) is 14.1. The van der Waals surface area contributed by atoms with Gasteiger partial charge in [-0.25, -0.2) is 9.13 Å². The van der Waals surface area contributed by atoms with E-state index in [0.29, 0.717) is 25.7 Å². The molecule has 0 saturated heterocycles. The fourth-order valence-corrected chi connectivity index (χ4v) is 13.0. The largest absolute Gasteiger partial charge is 0.472 e. The number of rotatable bonds is 73. The van der Waals surface area contributed by atoms with Gasteiger partial charge in [-0.2, -0.15) is 0 Å². The molecule has 558 valence electrons. The third-order valence-electron chi connectivity index (χ3n) is 17.4. The number of hydrogen-bond acceptors (Lipinski definition) is 15. The number of esters is 4. The first-order valence-electron chi connectivity index (χ1n) is 38.8. The smallest absolute Gasteiger partial charge is 0.462 e. The summed E-state index contributed by atoms with van der Waals surface area (Å²) in [6, 6.07) is 0.